The van der Waals surface area contributed by atoms with Gasteiger partial charge in [0, 0.05) is 57.9 Å². The zero-order chi connectivity index (χ0) is 23.2. The summed E-state index contributed by atoms with van der Waals surface area (Å²) in [6, 6.07) is 12.9. The van der Waals surface area contributed by atoms with Crippen LogP contribution >= 0.6 is 0 Å². The number of ether oxygens (including phenoxy) is 1. The number of rotatable bonds is 7. The van der Waals surface area contributed by atoms with Crippen molar-refractivity contribution in [2.45, 2.75) is 25.7 Å². The number of carbonyl (C=O) groups excluding carboxylic acids is 1. The molecule has 8 nitrogen and oxygen atoms in total. The second-order valence-corrected chi connectivity index (χ2v) is 8.74. The Morgan fingerprint density at radius 2 is 1.67 bits per heavy atom. The smallest absolute Gasteiger partial charge is 0.270 e. The van der Waals surface area contributed by atoms with E-state index in [1.807, 2.05) is 17.0 Å². The van der Waals surface area contributed by atoms with Gasteiger partial charge in [0.1, 0.15) is 5.75 Å². The molecule has 0 unspecified atom stereocenters. The maximum atomic E-state index is 13.4. The maximum Gasteiger partial charge on any atom is 0.270 e. The van der Waals surface area contributed by atoms with Crippen LogP contribution in [0.2, 0.25) is 0 Å². The Hall–Kier alpha value is -3.13. The van der Waals surface area contributed by atoms with Gasteiger partial charge in [0.15, 0.2) is 0 Å². The quantitative estimate of drug-likeness (QED) is 0.472. The van der Waals surface area contributed by atoms with Crippen LogP contribution in [-0.4, -0.2) is 73.6 Å². The predicted molar refractivity (Wildman–Crippen MR) is 128 cm³/mol. The molecule has 1 amide bonds. The van der Waals surface area contributed by atoms with Gasteiger partial charge < -0.3 is 14.5 Å². The molecule has 2 heterocycles. The van der Waals surface area contributed by atoms with Gasteiger partial charge in [-0.1, -0.05) is 12.1 Å². The second kappa shape index (κ2) is 10.7. The summed E-state index contributed by atoms with van der Waals surface area (Å²) in [5.41, 5.74) is 2.51. The molecule has 176 valence electrons. The van der Waals surface area contributed by atoms with E-state index in [9.17, 15) is 14.9 Å². The molecular formula is C25H32N4O4. The Morgan fingerprint density at radius 1 is 0.970 bits per heavy atom. The molecule has 0 bridgehead atoms. The van der Waals surface area contributed by atoms with E-state index in [0.29, 0.717) is 18.7 Å². The van der Waals surface area contributed by atoms with Crippen molar-refractivity contribution in [2.24, 2.45) is 0 Å². The van der Waals surface area contributed by atoms with Crippen LogP contribution in [0.1, 0.15) is 35.2 Å². The molecule has 33 heavy (non-hydrogen) atoms. The van der Waals surface area contributed by atoms with E-state index in [-0.39, 0.29) is 11.6 Å². The first kappa shape index (κ1) is 23.0. The third-order valence-electron chi connectivity index (χ3n) is 6.65. The number of non-ortho nitro benzene ring substituents is 1. The monoisotopic (exact) mass is 452 g/mol. The predicted octanol–water partition coefficient (Wildman–Crippen LogP) is 3.59. The summed E-state index contributed by atoms with van der Waals surface area (Å²) in [5, 5.41) is 11.4. The molecule has 0 saturated carbocycles. The number of nitro groups is 1. The number of anilines is 1. The first-order valence-electron chi connectivity index (χ1n) is 11.7. The fourth-order valence-corrected chi connectivity index (χ4v) is 4.64. The van der Waals surface area contributed by atoms with Gasteiger partial charge in [-0.15, -0.1) is 0 Å². The van der Waals surface area contributed by atoms with Crippen molar-refractivity contribution in [3.8, 4) is 5.75 Å². The molecular weight excluding hydrogens is 420 g/mol. The number of hydrogen-bond donors (Lipinski definition) is 0. The number of nitro benzene ring substituents is 1. The zero-order valence-corrected chi connectivity index (χ0v) is 19.2. The molecule has 0 radical (unpaired) electrons. The van der Waals surface area contributed by atoms with Crippen LogP contribution in [0.25, 0.3) is 0 Å². The molecule has 0 spiro atoms. The number of piperidine rings is 1. The zero-order valence-electron chi connectivity index (χ0n) is 19.2. The van der Waals surface area contributed by atoms with Crippen molar-refractivity contribution >= 4 is 17.3 Å². The van der Waals surface area contributed by atoms with Crippen LogP contribution in [0.3, 0.4) is 0 Å². The topological polar surface area (TPSA) is 79.2 Å². The first-order chi connectivity index (χ1) is 16.0. The molecule has 0 aliphatic carbocycles. The van der Waals surface area contributed by atoms with Crippen molar-refractivity contribution in [2.75, 3.05) is 57.8 Å². The number of hydrogen-bond acceptors (Lipinski definition) is 6. The number of nitrogens with zero attached hydrogens (tertiary/aromatic N) is 4. The SMILES string of the molecule is COc1ccc(CCN2CCN(C(=O)c3cc([N+](=O)[O-])ccc3N3CCCCC3)CC2)cc1. The minimum absolute atomic E-state index is 0.0303. The minimum Gasteiger partial charge on any atom is -0.497 e. The Balaban J connectivity index is 1.39. The molecule has 8 heteroatoms. The number of methoxy groups -OCH3 is 1. The van der Waals surface area contributed by atoms with E-state index in [4.69, 9.17) is 4.74 Å². The molecule has 0 atom stereocenters. The van der Waals surface area contributed by atoms with E-state index in [0.717, 1.165) is 63.4 Å². The van der Waals surface area contributed by atoms with E-state index in [2.05, 4.69) is 21.9 Å². The van der Waals surface area contributed by atoms with Crippen molar-refractivity contribution in [3.63, 3.8) is 0 Å². The molecule has 2 aliphatic heterocycles. The van der Waals surface area contributed by atoms with Crippen LogP contribution < -0.4 is 9.64 Å². The van der Waals surface area contributed by atoms with Gasteiger partial charge >= 0.3 is 0 Å². The summed E-state index contributed by atoms with van der Waals surface area (Å²) >= 11 is 0. The third kappa shape index (κ3) is 5.63. The van der Waals surface area contributed by atoms with E-state index in [1.54, 1.807) is 13.2 Å². The van der Waals surface area contributed by atoms with E-state index < -0.39 is 4.92 Å². The number of carbonyl (C=O) groups is 1. The van der Waals surface area contributed by atoms with Crippen LogP contribution in [0.4, 0.5) is 11.4 Å². The molecule has 2 aromatic rings. The molecule has 4 rings (SSSR count). The third-order valence-corrected chi connectivity index (χ3v) is 6.65. The lowest BCUT2D eigenvalue weighted by Gasteiger charge is -2.36. The standard InChI is InChI=1S/C25H32N4O4/c1-33-22-8-5-20(6-9-22)11-14-26-15-17-28(18-16-26)25(30)23-19-21(29(31)32)7-10-24(23)27-12-3-2-4-13-27/h5-10,19H,2-4,11-18H2,1H3. The molecule has 2 fully saturated rings. The summed E-state index contributed by atoms with van der Waals surface area (Å²) in [7, 11) is 1.67. The molecule has 0 N–H and O–H groups in total. The van der Waals surface area contributed by atoms with Crippen molar-refractivity contribution in [1.29, 1.82) is 0 Å². The van der Waals surface area contributed by atoms with Gasteiger partial charge in [-0.05, 0) is 49.4 Å². The second-order valence-electron chi connectivity index (χ2n) is 8.74. The van der Waals surface area contributed by atoms with Gasteiger partial charge in [-0.25, -0.2) is 0 Å². The van der Waals surface area contributed by atoms with Gasteiger partial charge in [0.2, 0.25) is 0 Å². The lowest BCUT2D eigenvalue weighted by molar-refractivity contribution is -0.384. The van der Waals surface area contributed by atoms with Gasteiger partial charge in [-0.3, -0.25) is 19.8 Å². The normalized spacial score (nSPS) is 17.1. The van der Waals surface area contributed by atoms with Crippen LogP contribution in [0, 0.1) is 10.1 Å². The van der Waals surface area contributed by atoms with E-state index in [1.165, 1.54) is 24.1 Å². The van der Waals surface area contributed by atoms with Crippen molar-refractivity contribution in [1.82, 2.24) is 9.80 Å². The summed E-state index contributed by atoms with van der Waals surface area (Å²) < 4.78 is 5.21. The van der Waals surface area contributed by atoms with Crippen LogP contribution in [-0.2, 0) is 6.42 Å². The highest BCUT2D eigenvalue weighted by Gasteiger charge is 2.27. The summed E-state index contributed by atoms with van der Waals surface area (Å²) in [6.45, 7) is 5.57. The molecule has 0 aromatic heterocycles. The average molecular weight is 453 g/mol. The fourth-order valence-electron chi connectivity index (χ4n) is 4.64. The Labute approximate surface area is 194 Å². The Kier molecular flexibility index (Phi) is 7.44. The van der Waals surface area contributed by atoms with Gasteiger partial charge in [0.05, 0.1) is 23.3 Å². The number of benzene rings is 2. The number of piperazine rings is 1. The average Bonchev–Trinajstić information content (AvgIpc) is 2.87. The highest BCUT2D eigenvalue weighted by molar-refractivity contribution is 6.00. The van der Waals surface area contributed by atoms with Crippen LogP contribution in [0.5, 0.6) is 5.75 Å². The molecule has 2 saturated heterocycles. The van der Waals surface area contributed by atoms with Gasteiger partial charge in [0.25, 0.3) is 11.6 Å². The summed E-state index contributed by atoms with van der Waals surface area (Å²) in [4.78, 5) is 30.8. The van der Waals surface area contributed by atoms with Crippen molar-refractivity contribution in [3.05, 3.63) is 63.7 Å². The lowest BCUT2D eigenvalue weighted by Crippen LogP contribution is -2.49. The first-order valence-corrected chi connectivity index (χ1v) is 11.7. The highest BCUT2D eigenvalue weighted by Crippen LogP contribution is 2.29. The molecule has 2 aliphatic rings. The minimum atomic E-state index is -0.423. The van der Waals surface area contributed by atoms with Crippen molar-refractivity contribution < 1.29 is 14.5 Å². The largest absolute Gasteiger partial charge is 0.497 e. The fraction of sp³-hybridized carbons (Fsp3) is 0.480. The van der Waals surface area contributed by atoms with E-state index >= 15 is 0 Å². The van der Waals surface area contributed by atoms with Crippen LogP contribution in [0.15, 0.2) is 42.5 Å². The maximum absolute atomic E-state index is 13.4. The molecule has 2 aromatic carbocycles. The Morgan fingerprint density at radius 3 is 2.30 bits per heavy atom. The summed E-state index contributed by atoms with van der Waals surface area (Å²) in [5.74, 6) is 0.755. The number of amides is 1. The summed E-state index contributed by atoms with van der Waals surface area (Å²) in [6.07, 6.45) is 4.29. The lowest BCUT2D eigenvalue weighted by atomic mass is 10.0. The highest BCUT2D eigenvalue weighted by atomic mass is 16.6. The Bertz CT molecular complexity index is 965. The van der Waals surface area contributed by atoms with Gasteiger partial charge in [-0.2, -0.15) is 0 Å².